The number of esters is 1. The van der Waals surface area contributed by atoms with E-state index in [1.807, 2.05) is 4.90 Å². The number of amides is 1. The van der Waals surface area contributed by atoms with Crippen molar-refractivity contribution in [1.82, 2.24) is 24.8 Å². The average molecular weight is 407 g/mol. The highest BCUT2D eigenvalue weighted by Gasteiger charge is 2.34. The molecule has 0 unspecified atom stereocenters. The second kappa shape index (κ2) is 7.90. The number of aromatic amines is 1. The molecule has 0 spiro atoms. The third kappa shape index (κ3) is 3.63. The van der Waals surface area contributed by atoms with E-state index in [4.69, 9.17) is 16.3 Å². The van der Waals surface area contributed by atoms with Gasteiger partial charge in [-0.1, -0.05) is 0 Å². The molecule has 4 rings (SSSR count). The lowest BCUT2D eigenvalue weighted by atomic mass is 9.93. The van der Waals surface area contributed by atoms with Crippen LogP contribution in [0.25, 0.3) is 11.2 Å². The number of likely N-dealkylation sites (tertiary alicyclic amines) is 1. The monoisotopic (exact) mass is 406 g/mol. The first-order valence-corrected chi connectivity index (χ1v) is 9.92. The summed E-state index contributed by atoms with van der Waals surface area (Å²) in [7, 11) is 1.41. The Hall–Kier alpha value is -2.42. The summed E-state index contributed by atoms with van der Waals surface area (Å²) in [5.74, 6) is 0.451. The number of halogens is 1. The van der Waals surface area contributed by atoms with Crippen molar-refractivity contribution in [3.8, 4) is 0 Å². The van der Waals surface area contributed by atoms with E-state index < -0.39 is 0 Å². The highest BCUT2D eigenvalue weighted by molar-refractivity contribution is 6.28. The minimum Gasteiger partial charge on any atom is -0.469 e. The predicted molar refractivity (Wildman–Crippen MR) is 103 cm³/mol. The largest absolute Gasteiger partial charge is 0.469 e. The van der Waals surface area contributed by atoms with Crippen molar-refractivity contribution in [1.29, 1.82) is 0 Å². The van der Waals surface area contributed by atoms with Crippen LogP contribution in [0.3, 0.4) is 0 Å². The first-order chi connectivity index (χ1) is 13.6. The Morgan fingerprint density at radius 1 is 1.18 bits per heavy atom. The zero-order valence-corrected chi connectivity index (χ0v) is 16.5. The molecule has 28 heavy (non-hydrogen) atoms. The van der Waals surface area contributed by atoms with Crippen molar-refractivity contribution < 1.29 is 14.3 Å². The molecule has 0 radical (unpaired) electrons. The van der Waals surface area contributed by atoms with Gasteiger partial charge < -0.3 is 19.5 Å². The van der Waals surface area contributed by atoms with Crippen LogP contribution in [-0.4, -0.2) is 70.0 Å². The van der Waals surface area contributed by atoms with Crippen molar-refractivity contribution >= 4 is 40.5 Å². The Bertz CT molecular complexity index is 879. The fourth-order valence-electron chi connectivity index (χ4n) is 4.15. The standard InChI is InChI=1S/C18H23ClN6O3/c1-28-17(27)11-4-7-24(8-5-11)16(26)12-3-2-6-25(9-12)15-13-14(21-10-20-13)22-18(19)23-15/h10-12H,2-9H2,1H3,(H,20,21,22,23)/t12-/m1/s1. The fourth-order valence-corrected chi connectivity index (χ4v) is 4.31. The molecule has 2 aliphatic heterocycles. The number of methoxy groups -OCH3 is 1. The number of hydrogen-bond acceptors (Lipinski definition) is 7. The number of ether oxygens (including phenoxy) is 1. The minimum absolute atomic E-state index is 0.102. The summed E-state index contributed by atoms with van der Waals surface area (Å²) in [5.41, 5.74) is 1.25. The van der Waals surface area contributed by atoms with Crippen molar-refractivity contribution in [2.45, 2.75) is 25.7 Å². The molecular weight excluding hydrogens is 384 g/mol. The SMILES string of the molecule is COC(=O)C1CCN(C(=O)[C@@H]2CCCN(c3nc(Cl)nc4nc[nH]c34)C2)CC1. The van der Waals surface area contributed by atoms with E-state index >= 15 is 0 Å². The second-order valence-corrected chi connectivity index (χ2v) is 7.66. The highest BCUT2D eigenvalue weighted by Crippen LogP contribution is 2.29. The lowest BCUT2D eigenvalue weighted by Gasteiger charge is -2.37. The number of nitrogens with one attached hydrogen (secondary N) is 1. The molecule has 0 aliphatic carbocycles. The number of imidazole rings is 1. The first kappa shape index (κ1) is 18.9. The van der Waals surface area contributed by atoms with E-state index in [0.717, 1.165) is 24.9 Å². The molecule has 9 nitrogen and oxygen atoms in total. The summed E-state index contributed by atoms with van der Waals surface area (Å²) >= 11 is 6.06. The van der Waals surface area contributed by atoms with Crippen LogP contribution < -0.4 is 4.90 Å². The molecule has 1 N–H and O–H groups in total. The van der Waals surface area contributed by atoms with Gasteiger partial charge in [-0.25, -0.2) is 4.98 Å². The first-order valence-electron chi connectivity index (χ1n) is 9.55. The number of rotatable bonds is 3. The van der Waals surface area contributed by atoms with Crippen LogP contribution >= 0.6 is 11.6 Å². The third-order valence-corrected chi connectivity index (χ3v) is 5.82. The van der Waals surface area contributed by atoms with Crippen LogP contribution in [-0.2, 0) is 14.3 Å². The number of piperidine rings is 2. The molecule has 0 aromatic carbocycles. The van der Waals surface area contributed by atoms with E-state index in [1.54, 1.807) is 6.33 Å². The van der Waals surface area contributed by atoms with Crippen LogP contribution in [0.1, 0.15) is 25.7 Å². The van der Waals surface area contributed by atoms with Crippen molar-refractivity contribution in [2.24, 2.45) is 11.8 Å². The minimum atomic E-state index is -0.180. The van der Waals surface area contributed by atoms with Gasteiger partial charge in [0, 0.05) is 26.2 Å². The van der Waals surface area contributed by atoms with Gasteiger partial charge in [0.1, 0.15) is 5.52 Å². The molecule has 2 aliphatic rings. The molecule has 1 atom stereocenters. The Morgan fingerprint density at radius 3 is 2.71 bits per heavy atom. The highest BCUT2D eigenvalue weighted by atomic mass is 35.5. The summed E-state index contributed by atoms with van der Waals surface area (Å²) in [6, 6.07) is 0. The molecule has 0 saturated carbocycles. The number of nitrogens with zero attached hydrogens (tertiary/aromatic N) is 5. The number of hydrogen-bond donors (Lipinski definition) is 1. The maximum Gasteiger partial charge on any atom is 0.308 e. The summed E-state index contributed by atoms with van der Waals surface area (Å²) in [6.07, 6.45) is 4.62. The lowest BCUT2D eigenvalue weighted by Crippen LogP contribution is -2.48. The number of H-pyrrole nitrogens is 1. The number of carbonyl (C=O) groups excluding carboxylic acids is 2. The van der Waals surface area contributed by atoms with Crippen LogP contribution in [0.5, 0.6) is 0 Å². The normalized spacial score (nSPS) is 21.1. The van der Waals surface area contributed by atoms with Gasteiger partial charge in [-0.2, -0.15) is 9.97 Å². The van der Waals surface area contributed by atoms with Crippen LogP contribution in [0.4, 0.5) is 5.82 Å². The Kier molecular flexibility index (Phi) is 5.34. The van der Waals surface area contributed by atoms with E-state index in [-0.39, 0.29) is 29.0 Å². The number of aromatic nitrogens is 4. The summed E-state index contributed by atoms with van der Waals surface area (Å²) in [6.45, 7) is 2.57. The van der Waals surface area contributed by atoms with Gasteiger partial charge in [-0.15, -0.1) is 0 Å². The second-order valence-electron chi connectivity index (χ2n) is 7.33. The molecule has 4 heterocycles. The molecule has 150 valence electrons. The maximum atomic E-state index is 13.1. The van der Waals surface area contributed by atoms with Crippen molar-refractivity contribution in [3.05, 3.63) is 11.6 Å². The lowest BCUT2D eigenvalue weighted by molar-refractivity contribution is -0.149. The number of fused-ring (bicyclic) bond motifs is 1. The summed E-state index contributed by atoms with van der Waals surface area (Å²) < 4.78 is 4.82. The van der Waals surface area contributed by atoms with Crippen LogP contribution in [0.2, 0.25) is 5.28 Å². The van der Waals surface area contributed by atoms with Gasteiger partial charge in [-0.05, 0) is 37.3 Å². The van der Waals surface area contributed by atoms with Gasteiger partial charge in [0.05, 0.1) is 25.3 Å². The molecular formula is C18H23ClN6O3. The quantitative estimate of drug-likeness (QED) is 0.610. The Labute approximate surface area is 167 Å². The number of anilines is 1. The third-order valence-electron chi connectivity index (χ3n) is 5.65. The van der Waals surface area contributed by atoms with E-state index in [2.05, 4.69) is 24.8 Å². The Morgan fingerprint density at radius 2 is 1.96 bits per heavy atom. The molecule has 2 aromatic heterocycles. The molecule has 2 aromatic rings. The Balaban J connectivity index is 1.44. The van der Waals surface area contributed by atoms with Crippen LogP contribution in [0.15, 0.2) is 6.33 Å². The van der Waals surface area contributed by atoms with Crippen molar-refractivity contribution in [2.75, 3.05) is 38.2 Å². The molecule has 0 bridgehead atoms. The molecule has 10 heteroatoms. The van der Waals surface area contributed by atoms with Gasteiger partial charge in [-0.3, -0.25) is 9.59 Å². The summed E-state index contributed by atoms with van der Waals surface area (Å²) in [4.78, 5) is 44.4. The fraction of sp³-hybridized carbons (Fsp3) is 0.611. The van der Waals surface area contributed by atoms with Gasteiger partial charge in [0.2, 0.25) is 11.2 Å². The zero-order valence-electron chi connectivity index (χ0n) is 15.7. The maximum absolute atomic E-state index is 13.1. The van der Waals surface area contributed by atoms with Gasteiger partial charge >= 0.3 is 5.97 Å². The molecule has 2 fully saturated rings. The van der Waals surface area contributed by atoms with Crippen LogP contribution in [0, 0.1) is 11.8 Å². The van der Waals surface area contributed by atoms with E-state index in [1.165, 1.54) is 7.11 Å². The van der Waals surface area contributed by atoms with E-state index in [9.17, 15) is 9.59 Å². The van der Waals surface area contributed by atoms with Crippen molar-refractivity contribution in [3.63, 3.8) is 0 Å². The smallest absolute Gasteiger partial charge is 0.308 e. The van der Waals surface area contributed by atoms with E-state index in [0.29, 0.717) is 43.9 Å². The zero-order chi connectivity index (χ0) is 19.7. The number of carbonyl (C=O) groups is 2. The topological polar surface area (TPSA) is 104 Å². The summed E-state index contributed by atoms with van der Waals surface area (Å²) in [5, 5.41) is 0.146. The molecule has 1 amide bonds. The molecule has 2 saturated heterocycles. The average Bonchev–Trinajstić information content (AvgIpc) is 3.20. The van der Waals surface area contributed by atoms with Gasteiger partial charge in [0.25, 0.3) is 0 Å². The van der Waals surface area contributed by atoms with Gasteiger partial charge in [0.15, 0.2) is 11.5 Å². The predicted octanol–water partition coefficient (Wildman–Crippen LogP) is 1.63.